The molecule has 4 rings (SSSR count). The van der Waals surface area contributed by atoms with Crippen LogP contribution in [0.3, 0.4) is 0 Å². The zero-order chi connectivity index (χ0) is 26.0. The molecule has 200 valence electrons. The molecule has 1 N–H and O–H groups in total. The Kier molecular flexibility index (Phi) is 9.79. The number of likely N-dealkylation sites (N-methyl/N-ethyl adjacent to an activating group) is 1. The smallest absolute Gasteiger partial charge is 0.222 e. The highest BCUT2D eigenvalue weighted by atomic mass is 16.5. The van der Waals surface area contributed by atoms with E-state index in [1.807, 2.05) is 41.3 Å². The molecular weight excluding hydrogens is 468 g/mol. The van der Waals surface area contributed by atoms with E-state index in [0.29, 0.717) is 25.9 Å². The molecule has 0 aliphatic carbocycles. The van der Waals surface area contributed by atoms with E-state index >= 15 is 0 Å². The molecule has 2 saturated heterocycles. The summed E-state index contributed by atoms with van der Waals surface area (Å²) in [5.41, 5.74) is 2.27. The molecule has 0 spiro atoms. The lowest BCUT2D eigenvalue weighted by molar-refractivity contribution is -0.133. The number of nitrogens with zero attached hydrogens (tertiary/aromatic N) is 3. The van der Waals surface area contributed by atoms with Crippen LogP contribution in [0.25, 0.3) is 0 Å². The van der Waals surface area contributed by atoms with Crippen LogP contribution in [-0.2, 0) is 22.6 Å². The van der Waals surface area contributed by atoms with E-state index in [2.05, 4.69) is 34.3 Å². The number of carbonyl (C=O) groups excluding carboxylic acids is 2. The number of methoxy groups -OCH3 is 1. The number of rotatable bonds is 12. The van der Waals surface area contributed by atoms with Crippen molar-refractivity contribution in [2.75, 3.05) is 60.0 Å². The van der Waals surface area contributed by atoms with Crippen LogP contribution in [0.15, 0.2) is 48.5 Å². The van der Waals surface area contributed by atoms with Gasteiger partial charge >= 0.3 is 0 Å². The van der Waals surface area contributed by atoms with E-state index in [9.17, 15) is 9.59 Å². The summed E-state index contributed by atoms with van der Waals surface area (Å²) in [4.78, 5) is 30.7. The summed E-state index contributed by atoms with van der Waals surface area (Å²) in [6, 6.07) is 16.4. The molecule has 0 aromatic heterocycles. The van der Waals surface area contributed by atoms with Gasteiger partial charge < -0.3 is 24.6 Å². The van der Waals surface area contributed by atoms with Crippen LogP contribution >= 0.6 is 0 Å². The second kappa shape index (κ2) is 13.4. The van der Waals surface area contributed by atoms with Gasteiger partial charge in [0.25, 0.3) is 0 Å². The summed E-state index contributed by atoms with van der Waals surface area (Å²) in [5, 5.41) is 3.03. The summed E-state index contributed by atoms with van der Waals surface area (Å²) < 4.78 is 11.5. The number of nitrogens with one attached hydrogen (secondary N) is 1. The van der Waals surface area contributed by atoms with Crippen LogP contribution < -0.4 is 14.8 Å². The maximum atomic E-state index is 12.7. The Morgan fingerprint density at radius 1 is 1.11 bits per heavy atom. The largest absolute Gasteiger partial charge is 0.496 e. The molecule has 37 heavy (non-hydrogen) atoms. The van der Waals surface area contributed by atoms with Crippen molar-refractivity contribution in [3.63, 3.8) is 0 Å². The molecule has 2 aliphatic heterocycles. The first-order valence-electron chi connectivity index (χ1n) is 13.3. The Bertz CT molecular complexity index is 1040. The van der Waals surface area contributed by atoms with Crippen LogP contribution in [-0.4, -0.2) is 92.6 Å². The van der Waals surface area contributed by atoms with Crippen molar-refractivity contribution in [1.82, 2.24) is 20.0 Å². The predicted molar refractivity (Wildman–Crippen MR) is 144 cm³/mol. The minimum Gasteiger partial charge on any atom is -0.496 e. The number of para-hydroxylation sites is 1. The quantitative estimate of drug-likeness (QED) is 0.475. The molecule has 0 saturated carbocycles. The van der Waals surface area contributed by atoms with Crippen molar-refractivity contribution in [3.8, 4) is 11.5 Å². The molecule has 1 atom stereocenters. The van der Waals surface area contributed by atoms with E-state index in [1.54, 1.807) is 7.11 Å². The van der Waals surface area contributed by atoms with Gasteiger partial charge in [-0.3, -0.25) is 14.5 Å². The second-order valence-electron chi connectivity index (χ2n) is 10.0. The summed E-state index contributed by atoms with van der Waals surface area (Å²) >= 11 is 0. The molecule has 2 fully saturated rings. The van der Waals surface area contributed by atoms with Crippen LogP contribution in [0.5, 0.6) is 11.5 Å². The topological polar surface area (TPSA) is 74.4 Å². The van der Waals surface area contributed by atoms with Crippen molar-refractivity contribution in [2.45, 2.75) is 38.3 Å². The van der Waals surface area contributed by atoms with Gasteiger partial charge in [0.1, 0.15) is 18.1 Å². The average Bonchev–Trinajstić information content (AvgIpc) is 3.32. The minimum atomic E-state index is 0.158. The van der Waals surface area contributed by atoms with Crippen LogP contribution in [0, 0.1) is 0 Å². The number of amides is 2. The van der Waals surface area contributed by atoms with Gasteiger partial charge in [0.2, 0.25) is 11.8 Å². The van der Waals surface area contributed by atoms with Crippen molar-refractivity contribution in [1.29, 1.82) is 0 Å². The zero-order valence-electron chi connectivity index (χ0n) is 22.2. The first kappa shape index (κ1) is 26.9. The predicted octanol–water partition coefficient (Wildman–Crippen LogP) is 2.56. The first-order chi connectivity index (χ1) is 18.0. The number of hydrogen-bond donors (Lipinski definition) is 1. The Balaban J connectivity index is 1.13. The first-order valence-corrected chi connectivity index (χ1v) is 13.3. The highest BCUT2D eigenvalue weighted by Crippen LogP contribution is 2.20. The lowest BCUT2D eigenvalue weighted by atomic mass is 10.1. The highest BCUT2D eigenvalue weighted by molar-refractivity contribution is 5.78. The van der Waals surface area contributed by atoms with Crippen molar-refractivity contribution in [3.05, 3.63) is 59.7 Å². The summed E-state index contributed by atoms with van der Waals surface area (Å²) in [7, 11) is 3.75. The fraction of sp³-hybridized carbons (Fsp3) is 0.517. The molecule has 8 nitrogen and oxygen atoms in total. The van der Waals surface area contributed by atoms with E-state index in [0.717, 1.165) is 69.3 Å². The maximum absolute atomic E-state index is 12.7. The van der Waals surface area contributed by atoms with Crippen LogP contribution in [0.2, 0.25) is 0 Å². The molecule has 8 heteroatoms. The molecular formula is C29H40N4O4. The SMILES string of the molecule is COc1ccccc1CCC(=O)N1CCN(CCOc2cccc(CN(C)CC3CCC(=O)N3)c2)CC1. The minimum absolute atomic E-state index is 0.158. The number of hydrogen-bond acceptors (Lipinski definition) is 6. The summed E-state index contributed by atoms with van der Waals surface area (Å²) in [5.74, 6) is 2.09. The van der Waals surface area contributed by atoms with Gasteiger partial charge in [-0.05, 0) is 49.2 Å². The molecule has 0 bridgehead atoms. The molecule has 2 aromatic carbocycles. The number of piperazine rings is 1. The van der Waals surface area contributed by atoms with Gasteiger partial charge in [0, 0.05) is 64.7 Å². The third kappa shape index (κ3) is 8.20. The van der Waals surface area contributed by atoms with E-state index < -0.39 is 0 Å². The van der Waals surface area contributed by atoms with Crippen molar-refractivity contribution in [2.24, 2.45) is 0 Å². The summed E-state index contributed by atoms with van der Waals surface area (Å²) in [6.45, 7) is 6.38. The zero-order valence-corrected chi connectivity index (χ0v) is 22.2. The normalized spacial score (nSPS) is 18.2. The van der Waals surface area contributed by atoms with Gasteiger partial charge in [0.05, 0.1) is 7.11 Å². The van der Waals surface area contributed by atoms with Gasteiger partial charge in [-0.15, -0.1) is 0 Å². The number of benzene rings is 2. The van der Waals surface area contributed by atoms with Crippen LogP contribution in [0.1, 0.15) is 30.4 Å². The lowest BCUT2D eigenvalue weighted by Crippen LogP contribution is -2.49. The van der Waals surface area contributed by atoms with Gasteiger partial charge in [-0.25, -0.2) is 0 Å². The van der Waals surface area contributed by atoms with E-state index in [4.69, 9.17) is 9.47 Å². The molecule has 2 amide bonds. The molecule has 0 radical (unpaired) electrons. The Labute approximate surface area is 220 Å². The maximum Gasteiger partial charge on any atom is 0.222 e. The monoisotopic (exact) mass is 508 g/mol. The summed E-state index contributed by atoms with van der Waals surface area (Å²) in [6.07, 6.45) is 2.75. The Morgan fingerprint density at radius 2 is 1.92 bits per heavy atom. The van der Waals surface area contributed by atoms with E-state index in [1.165, 1.54) is 5.56 Å². The average molecular weight is 509 g/mol. The molecule has 1 unspecified atom stereocenters. The van der Waals surface area contributed by atoms with Crippen LogP contribution in [0.4, 0.5) is 0 Å². The molecule has 2 heterocycles. The van der Waals surface area contributed by atoms with Gasteiger partial charge in [-0.2, -0.15) is 0 Å². The van der Waals surface area contributed by atoms with Gasteiger partial charge in [0.15, 0.2) is 0 Å². The lowest BCUT2D eigenvalue weighted by Gasteiger charge is -2.34. The fourth-order valence-electron chi connectivity index (χ4n) is 5.12. The molecule has 2 aromatic rings. The van der Waals surface area contributed by atoms with Gasteiger partial charge in [-0.1, -0.05) is 30.3 Å². The number of carbonyl (C=O) groups is 2. The third-order valence-corrected chi connectivity index (χ3v) is 7.17. The van der Waals surface area contributed by atoms with E-state index in [-0.39, 0.29) is 17.9 Å². The van der Waals surface area contributed by atoms with Crippen molar-refractivity contribution >= 4 is 11.8 Å². The Morgan fingerprint density at radius 3 is 2.68 bits per heavy atom. The fourth-order valence-corrected chi connectivity index (χ4v) is 5.12. The third-order valence-electron chi connectivity index (χ3n) is 7.17. The molecule has 2 aliphatic rings. The standard InChI is InChI=1S/C29H40N4O4/c1-31(22-25-11-12-28(34)30-25)21-23-6-5-8-26(20-23)37-19-18-32-14-16-33(17-15-32)29(35)13-10-24-7-3-4-9-27(24)36-2/h3-9,20,25H,10-19,21-22H2,1-2H3,(H,30,34). The Hall–Kier alpha value is -3.10. The highest BCUT2D eigenvalue weighted by Gasteiger charge is 2.22. The van der Waals surface area contributed by atoms with Crippen molar-refractivity contribution < 1.29 is 19.1 Å². The second-order valence-corrected chi connectivity index (χ2v) is 10.0. The number of aryl methyl sites for hydroxylation is 1. The number of ether oxygens (including phenoxy) is 2.